The molecule has 1 heterocycles. The number of aliphatic carboxylic acids is 1. The molecule has 0 aromatic carbocycles. The number of nitrogens with zero attached hydrogens (tertiary/aromatic N) is 2. The van der Waals surface area contributed by atoms with E-state index < -0.39 is 55.8 Å². The average Bonchev–Trinajstić information content (AvgIpc) is 2.91. The molecule has 0 aliphatic carbocycles. The van der Waals surface area contributed by atoms with Crippen molar-refractivity contribution in [3.05, 3.63) is 12.2 Å². The van der Waals surface area contributed by atoms with Crippen LogP contribution < -0.4 is 0 Å². The number of ether oxygens (including phenoxy) is 1. The number of carbonyl (C=O) groups excluding carboxylic acids is 3. The van der Waals surface area contributed by atoms with Crippen molar-refractivity contribution < 1.29 is 42.6 Å². The van der Waals surface area contributed by atoms with Crippen molar-refractivity contribution in [3.8, 4) is 0 Å². The number of amides is 3. The van der Waals surface area contributed by atoms with E-state index in [1.54, 1.807) is 41.5 Å². The Balaban J connectivity index is 3.13. The molecule has 0 radical (unpaired) electrons. The average molecular weight is 462 g/mol. The molecule has 1 aliphatic rings. The van der Waals surface area contributed by atoms with Crippen molar-refractivity contribution >= 4 is 31.5 Å². The van der Waals surface area contributed by atoms with Gasteiger partial charge in [-0.1, -0.05) is 0 Å². The number of imide groups is 1. The first kappa shape index (κ1) is 26.8. The molecular weight excluding hydrogens is 431 g/mol. The Bertz CT molecular complexity index is 755. The second kappa shape index (κ2) is 10.9. The Hall–Kier alpha value is -2.23. The molecule has 0 saturated carbocycles. The highest BCUT2D eigenvalue weighted by Gasteiger charge is 2.39. The fourth-order valence-corrected chi connectivity index (χ4v) is 4.51. The van der Waals surface area contributed by atoms with E-state index in [0.717, 1.165) is 17.1 Å². The Morgan fingerprint density at radius 3 is 2.16 bits per heavy atom. The van der Waals surface area contributed by atoms with Crippen molar-refractivity contribution in [1.29, 1.82) is 0 Å². The number of carboxylic acids is 1. The lowest BCUT2D eigenvalue weighted by atomic mass is 10.2. The molecule has 0 bridgehead atoms. The molecular formula is C19H31N2O9P. The van der Waals surface area contributed by atoms with Gasteiger partial charge in [0.2, 0.25) is 0 Å². The van der Waals surface area contributed by atoms with Crippen LogP contribution in [0.2, 0.25) is 0 Å². The maximum Gasteiger partial charge on any atom is 0.410 e. The first-order chi connectivity index (χ1) is 14.2. The number of hydrogen-bond donors (Lipinski definition) is 1. The minimum absolute atomic E-state index is 0.108. The van der Waals surface area contributed by atoms with E-state index in [2.05, 4.69) is 0 Å². The molecule has 2 unspecified atom stereocenters. The molecule has 1 rings (SSSR count). The van der Waals surface area contributed by atoms with E-state index in [1.165, 1.54) is 0 Å². The van der Waals surface area contributed by atoms with Crippen LogP contribution in [0.3, 0.4) is 0 Å². The number of carboxylic acid groups (broad SMARTS) is 1. The molecule has 0 saturated heterocycles. The van der Waals surface area contributed by atoms with Gasteiger partial charge in [0.05, 0.1) is 25.4 Å². The molecule has 1 N–H and O–H groups in total. The fraction of sp³-hybridized carbons (Fsp3) is 0.684. The number of hydrogen-bond acceptors (Lipinski definition) is 8. The van der Waals surface area contributed by atoms with E-state index in [9.17, 15) is 28.8 Å². The van der Waals surface area contributed by atoms with E-state index in [4.69, 9.17) is 13.8 Å². The van der Waals surface area contributed by atoms with Crippen LogP contribution in [0.1, 0.15) is 41.5 Å². The van der Waals surface area contributed by atoms with Gasteiger partial charge in [0, 0.05) is 18.7 Å². The van der Waals surface area contributed by atoms with E-state index in [0.29, 0.717) is 4.90 Å². The quantitative estimate of drug-likeness (QED) is 0.362. The lowest BCUT2D eigenvalue weighted by Gasteiger charge is -2.32. The molecule has 31 heavy (non-hydrogen) atoms. The van der Waals surface area contributed by atoms with E-state index in [1.807, 2.05) is 0 Å². The predicted molar refractivity (Wildman–Crippen MR) is 111 cm³/mol. The molecule has 1 aliphatic heterocycles. The molecule has 12 heteroatoms. The van der Waals surface area contributed by atoms with Gasteiger partial charge in [-0.15, -0.1) is 0 Å². The summed E-state index contributed by atoms with van der Waals surface area (Å²) in [7, 11) is -3.59. The zero-order valence-corrected chi connectivity index (χ0v) is 19.6. The number of carbonyl (C=O) groups is 4. The second-order valence-corrected chi connectivity index (χ2v) is 10.2. The zero-order chi connectivity index (χ0) is 24.0. The maximum absolute atomic E-state index is 12.9. The largest absolute Gasteiger partial charge is 0.480 e. The van der Waals surface area contributed by atoms with Crippen LogP contribution in [0.15, 0.2) is 12.2 Å². The molecule has 0 fully saturated rings. The molecule has 0 aromatic heterocycles. The van der Waals surface area contributed by atoms with Crippen LogP contribution in [-0.2, 0) is 32.7 Å². The van der Waals surface area contributed by atoms with Gasteiger partial charge in [-0.25, -0.2) is 9.59 Å². The summed E-state index contributed by atoms with van der Waals surface area (Å²) in [5, 5.41) is 9.61. The first-order valence-electron chi connectivity index (χ1n) is 9.87. The van der Waals surface area contributed by atoms with Crippen molar-refractivity contribution in [1.82, 2.24) is 9.80 Å². The monoisotopic (exact) mass is 462 g/mol. The van der Waals surface area contributed by atoms with Crippen molar-refractivity contribution in [3.63, 3.8) is 0 Å². The zero-order valence-electron chi connectivity index (χ0n) is 18.7. The molecule has 2 atom stereocenters. The van der Waals surface area contributed by atoms with Gasteiger partial charge in [-0.3, -0.25) is 19.1 Å². The van der Waals surface area contributed by atoms with Crippen LogP contribution in [0, 0.1) is 0 Å². The Morgan fingerprint density at radius 1 is 1.19 bits per heavy atom. The summed E-state index contributed by atoms with van der Waals surface area (Å²) in [6, 6.07) is -1.65. The standard InChI is InChI=1S/C19H31N2O9P/c1-7-28-31(27,30-13(2)3)11-10-20(18(26)29-19(4,5)6)12-14(17(24)25)21-15(22)8-9-16(21)23/h8-9,13-14H,7,10-12H2,1-6H3,(H,24,25). The van der Waals surface area contributed by atoms with E-state index in [-0.39, 0.29) is 19.3 Å². The highest BCUT2D eigenvalue weighted by atomic mass is 31.2. The van der Waals surface area contributed by atoms with Gasteiger partial charge >= 0.3 is 19.7 Å². The second-order valence-electron chi connectivity index (χ2n) is 8.07. The summed E-state index contributed by atoms with van der Waals surface area (Å²) in [5.74, 6) is -3.08. The first-order valence-corrected chi connectivity index (χ1v) is 11.6. The number of rotatable bonds is 11. The van der Waals surface area contributed by atoms with Crippen LogP contribution in [0.4, 0.5) is 4.79 Å². The fourth-order valence-electron chi connectivity index (χ4n) is 2.69. The molecule has 11 nitrogen and oxygen atoms in total. The van der Waals surface area contributed by atoms with Crippen LogP contribution >= 0.6 is 7.60 Å². The van der Waals surface area contributed by atoms with Crippen LogP contribution in [-0.4, -0.2) is 82.4 Å². The van der Waals surface area contributed by atoms with Gasteiger partial charge in [0.25, 0.3) is 11.8 Å². The van der Waals surface area contributed by atoms with Crippen LogP contribution in [0.5, 0.6) is 0 Å². The van der Waals surface area contributed by atoms with Crippen molar-refractivity contribution in [2.75, 3.05) is 25.9 Å². The van der Waals surface area contributed by atoms with Gasteiger partial charge in [-0.2, -0.15) is 0 Å². The third-order valence-corrected chi connectivity index (χ3v) is 5.97. The summed E-state index contributed by atoms with van der Waals surface area (Å²) in [6.07, 6.45) is 0.375. The van der Waals surface area contributed by atoms with Gasteiger partial charge in [-0.05, 0) is 41.5 Å². The summed E-state index contributed by atoms with van der Waals surface area (Å²) in [5.41, 5.74) is -0.896. The Morgan fingerprint density at radius 2 is 1.74 bits per heavy atom. The van der Waals surface area contributed by atoms with Crippen LogP contribution in [0.25, 0.3) is 0 Å². The minimum Gasteiger partial charge on any atom is -0.480 e. The minimum atomic E-state index is -3.59. The molecule has 0 aromatic rings. The lowest BCUT2D eigenvalue weighted by Crippen LogP contribution is -2.53. The molecule has 3 amide bonds. The van der Waals surface area contributed by atoms with Gasteiger partial charge < -0.3 is 23.8 Å². The molecule has 176 valence electrons. The Kier molecular flexibility index (Phi) is 9.41. The SMILES string of the molecule is CCOP(=O)(CCN(CC(C(=O)O)N1C(=O)C=CC1=O)C(=O)OC(C)(C)C)OC(C)C. The van der Waals surface area contributed by atoms with Gasteiger partial charge in [0.15, 0.2) is 6.04 Å². The van der Waals surface area contributed by atoms with Gasteiger partial charge in [0.1, 0.15) is 5.60 Å². The lowest BCUT2D eigenvalue weighted by molar-refractivity contribution is -0.154. The highest BCUT2D eigenvalue weighted by molar-refractivity contribution is 7.53. The van der Waals surface area contributed by atoms with E-state index >= 15 is 0 Å². The molecule has 0 spiro atoms. The van der Waals surface area contributed by atoms with Crippen molar-refractivity contribution in [2.45, 2.75) is 59.3 Å². The highest BCUT2D eigenvalue weighted by Crippen LogP contribution is 2.49. The Labute approximate surface area is 181 Å². The summed E-state index contributed by atoms with van der Waals surface area (Å²) in [6.45, 7) is 9.18. The third kappa shape index (κ3) is 8.43. The summed E-state index contributed by atoms with van der Waals surface area (Å²) in [4.78, 5) is 50.0. The summed E-state index contributed by atoms with van der Waals surface area (Å²) >= 11 is 0. The normalized spacial score (nSPS) is 17.1. The topological polar surface area (TPSA) is 140 Å². The third-order valence-electron chi connectivity index (χ3n) is 3.83. The smallest absolute Gasteiger partial charge is 0.410 e. The predicted octanol–water partition coefficient (Wildman–Crippen LogP) is 2.26. The summed E-state index contributed by atoms with van der Waals surface area (Å²) < 4.78 is 28.9. The van der Waals surface area contributed by atoms with Crippen molar-refractivity contribution in [2.24, 2.45) is 0 Å². The maximum atomic E-state index is 12.9.